The van der Waals surface area contributed by atoms with Crippen molar-refractivity contribution in [3.63, 3.8) is 0 Å². The van der Waals surface area contributed by atoms with Gasteiger partial charge in [0.15, 0.2) is 10.9 Å². The zero-order valence-corrected chi connectivity index (χ0v) is 17.0. The molecule has 148 valence electrons. The van der Waals surface area contributed by atoms with Crippen LogP contribution in [0, 0.1) is 5.92 Å². The zero-order valence-electron chi connectivity index (χ0n) is 16.2. The summed E-state index contributed by atoms with van der Waals surface area (Å²) in [5, 5.41) is 10.6. The van der Waals surface area contributed by atoms with E-state index in [1.165, 1.54) is 11.8 Å². The predicted molar refractivity (Wildman–Crippen MR) is 111 cm³/mol. The highest BCUT2D eigenvalue weighted by Crippen LogP contribution is 2.26. The fraction of sp³-hybridized carbons (Fsp3) is 0.450. The van der Waals surface area contributed by atoms with Gasteiger partial charge in [-0.15, -0.1) is 10.2 Å². The number of morpholine rings is 1. The second kappa shape index (κ2) is 8.36. The molecule has 0 radical (unpaired) electrons. The van der Waals surface area contributed by atoms with Gasteiger partial charge in [-0.2, -0.15) is 0 Å². The van der Waals surface area contributed by atoms with Crippen molar-refractivity contribution in [2.45, 2.75) is 25.5 Å². The number of Topliss-reactive ketones (excluding diaryl/α,β-unsaturated/α-hetero) is 1. The highest BCUT2D eigenvalue weighted by atomic mass is 32.2. The Bertz CT molecular complexity index is 959. The lowest BCUT2D eigenvalue weighted by atomic mass is 10.1. The average molecular weight is 400 g/mol. The molecular formula is C20H25N5O2S. The van der Waals surface area contributed by atoms with E-state index in [9.17, 15) is 4.79 Å². The monoisotopic (exact) mass is 399 g/mol. The summed E-state index contributed by atoms with van der Waals surface area (Å²) in [7, 11) is 0. The lowest BCUT2D eigenvalue weighted by molar-refractivity contribution is 0.102. The van der Waals surface area contributed by atoms with Gasteiger partial charge in [0, 0.05) is 42.3 Å². The topological polar surface area (TPSA) is 76.0 Å². The number of rotatable bonds is 7. The van der Waals surface area contributed by atoms with Crippen molar-refractivity contribution in [1.29, 1.82) is 0 Å². The van der Waals surface area contributed by atoms with Crippen molar-refractivity contribution in [3.8, 4) is 0 Å². The number of ketones is 1. The van der Waals surface area contributed by atoms with E-state index in [1.807, 2.05) is 24.3 Å². The number of carbonyl (C=O) groups is 1. The maximum absolute atomic E-state index is 12.8. The van der Waals surface area contributed by atoms with Crippen molar-refractivity contribution >= 4 is 34.4 Å². The van der Waals surface area contributed by atoms with Crippen LogP contribution >= 0.6 is 11.8 Å². The van der Waals surface area contributed by atoms with Gasteiger partial charge in [-0.25, -0.2) is 0 Å². The van der Waals surface area contributed by atoms with Gasteiger partial charge in [0.25, 0.3) is 0 Å². The standard InChI is InChI=1S/C20H25N5O2S/c1-14(2)12-25-19(24-7-9-27-10-8-24)22-23-20(25)28-13-18(26)16-11-21-17-6-4-3-5-15(16)17/h3-6,11,14,21H,7-10,12-13H2,1-2H3. The summed E-state index contributed by atoms with van der Waals surface area (Å²) in [5.74, 6) is 1.76. The minimum Gasteiger partial charge on any atom is -0.378 e. The molecule has 1 aliphatic heterocycles. The Balaban J connectivity index is 1.52. The first-order valence-electron chi connectivity index (χ1n) is 9.61. The van der Waals surface area contributed by atoms with Crippen LogP contribution in [0.3, 0.4) is 0 Å². The number of fused-ring (bicyclic) bond motifs is 1. The van der Waals surface area contributed by atoms with Gasteiger partial charge in [-0.3, -0.25) is 9.36 Å². The van der Waals surface area contributed by atoms with Crippen LogP contribution < -0.4 is 4.90 Å². The number of ether oxygens (including phenoxy) is 1. The van der Waals surface area contributed by atoms with E-state index in [0.29, 0.717) is 24.9 Å². The quantitative estimate of drug-likeness (QED) is 0.486. The number of aromatic nitrogens is 4. The first-order valence-corrected chi connectivity index (χ1v) is 10.6. The molecule has 4 rings (SSSR count). The summed E-state index contributed by atoms with van der Waals surface area (Å²) in [6, 6.07) is 7.87. The molecule has 3 aromatic rings. The normalized spacial score (nSPS) is 14.9. The molecule has 2 aromatic heterocycles. The Morgan fingerprint density at radius 3 is 2.82 bits per heavy atom. The number of benzene rings is 1. The number of hydrogen-bond acceptors (Lipinski definition) is 6. The molecule has 1 aromatic carbocycles. The highest BCUT2D eigenvalue weighted by molar-refractivity contribution is 7.99. The van der Waals surface area contributed by atoms with E-state index >= 15 is 0 Å². The van der Waals surface area contributed by atoms with Crippen molar-refractivity contribution < 1.29 is 9.53 Å². The second-order valence-corrected chi connectivity index (χ2v) is 8.29. The van der Waals surface area contributed by atoms with Gasteiger partial charge in [-0.05, 0) is 12.0 Å². The lowest BCUT2D eigenvalue weighted by Gasteiger charge is -2.28. The molecule has 1 fully saturated rings. The molecule has 28 heavy (non-hydrogen) atoms. The number of carbonyl (C=O) groups excluding carboxylic acids is 1. The Kier molecular flexibility index (Phi) is 5.68. The highest BCUT2D eigenvalue weighted by Gasteiger charge is 2.22. The summed E-state index contributed by atoms with van der Waals surface area (Å²) >= 11 is 1.46. The van der Waals surface area contributed by atoms with Crippen molar-refractivity contribution in [2.75, 3.05) is 37.0 Å². The van der Waals surface area contributed by atoms with E-state index in [4.69, 9.17) is 4.74 Å². The van der Waals surface area contributed by atoms with E-state index in [-0.39, 0.29) is 5.78 Å². The van der Waals surface area contributed by atoms with Gasteiger partial charge < -0.3 is 14.6 Å². The lowest BCUT2D eigenvalue weighted by Crippen LogP contribution is -2.38. The maximum Gasteiger partial charge on any atom is 0.228 e. The fourth-order valence-corrected chi connectivity index (χ4v) is 4.25. The first kappa shape index (κ1) is 19.0. The fourth-order valence-electron chi connectivity index (χ4n) is 3.42. The Labute approximate surface area is 168 Å². The zero-order chi connectivity index (χ0) is 19.5. The smallest absolute Gasteiger partial charge is 0.228 e. The van der Waals surface area contributed by atoms with E-state index < -0.39 is 0 Å². The summed E-state index contributed by atoms with van der Waals surface area (Å²) < 4.78 is 7.59. The third kappa shape index (κ3) is 3.93. The van der Waals surface area contributed by atoms with Crippen LogP contribution in [0.25, 0.3) is 10.9 Å². The van der Waals surface area contributed by atoms with Crippen LogP contribution in [0.5, 0.6) is 0 Å². The molecule has 0 aliphatic carbocycles. The van der Waals surface area contributed by atoms with E-state index in [0.717, 1.165) is 47.2 Å². The summed E-state index contributed by atoms with van der Waals surface area (Å²) in [4.78, 5) is 18.2. The first-order chi connectivity index (χ1) is 13.6. The number of hydrogen-bond donors (Lipinski definition) is 1. The van der Waals surface area contributed by atoms with Crippen molar-refractivity contribution in [2.24, 2.45) is 5.92 Å². The van der Waals surface area contributed by atoms with Crippen LogP contribution in [0.2, 0.25) is 0 Å². The molecule has 0 atom stereocenters. The third-order valence-electron chi connectivity index (χ3n) is 4.76. The molecule has 1 aliphatic rings. The number of nitrogens with zero attached hydrogens (tertiary/aromatic N) is 4. The van der Waals surface area contributed by atoms with Gasteiger partial charge >= 0.3 is 0 Å². The molecule has 0 bridgehead atoms. The van der Waals surface area contributed by atoms with E-state index in [1.54, 1.807) is 6.20 Å². The molecule has 1 saturated heterocycles. The summed E-state index contributed by atoms with van der Waals surface area (Å²) in [6.07, 6.45) is 1.80. The maximum atomic E-state index is 12.8. The summed E-state index contributed by atoms with van der Waals surface area (Å²) in [6.45, 7) is 8.21. The summed E-state index contributed by atoms with van der Waals surface area (Å²) in [5.41, 5.74) is 1.71. The minimum absolute atomic E-state index is 0.0921. The molecule has 0 saturated carbocycles. The third-order valence-corrected chi connectivity index (χ3v) is 5.73. The van der Waals surface area contributed by atoms with Crippen LogP contribution in [0.1, 0.15) is 24.2 Å². The molecule has 7 nitrogen and oxygen atoms in total. The van der Waals surface area contributed by atoms with Gasteiger partial charge in [0.2, 0.25) is 5.95 Å². The molecular weight excluding hydrogens is 374 g/mol. The van der Waals surface area contributed by atoms with Crippen LogP contribution in [-0.2, 0) is 11.3 Å². The number of para-hydroxylation sites is 1. The number of anilines is 1. The molecule has 0 amide bonds. The van der Waals surface area contributed by atoms with E-state index in [2.05, 4.69) is 38.5 Å². The number of thioether (sulfide) groups is 1. The molecule has 0 spiro atoms. The van der Waals surface area contributed by atoms with Crippen molar-refractivity contribution in [1.82, 2.24) is 19.7 Å². The average Bonchev–Trinajstić information content (AvgIpc) is 3.31. The molecule has 0 unspecified atom stereocenters. The Morgan fingerprint density at radius 1 is 1.25 bits per heavy atom. The molecule has 3 heterocycles. The van der Waals surface area contributed by atoms with Gasteiger partial charge in [0.05, 0.1) is 19.0 Å². The Hall–Kier alpha value is -2.32. The van der Waals surface area contributed by atoms with Crippen LogP contribution in [0.15, 0.2) is 35.6 Å². The van der Waals surface area contributed by atoms with Gasteiger partial charge in [0.1, 0.15) is 0 Å². The number of nitrogens with one attached hydrogen (secondary N) is 1. The predicted octanol–water partition coefficient (Wildman–Crippen LogP) is 3.23. The largest absolute Gasteiger partial charge is 0.378 e. The van der Waals surface area contributed by atoms with Crippen LogP contribution in [0.4, 0.5) is 5.95 Å². The van der Waals surface area contributed by atoms with Crippen LogP contribution in [-0.4, -0.2) is 57.6 Å². The number of aromatic amines is 1. The molecule has 1 N–H and O–H groups in total. The van der Waals surface area contributed by atoms with Crippen molar-refractivity contribution in [3.05, 3.63) is 36.0 Å². The Morgan fingerprint density at radius 2 is 2.04 bits per heavy atom. The molecule has 8 heteroatoms. The SMILES string of the molecule is CC(C)Cn1c(SCC(=O)c2c[nH]c3ccccc23)nnc1N1CCOCC1. The number of H-pyrrole nitrogens is 1. The minimum atomic E-state index is 0.0921. The second-order valence-electron chi connectivity index (χ2n) is 7.35. The van der Waals surface area contributed by atoms with Gasteiger partial charge in [-0.1, -0.05) is 43.8 Å².